The van der Waals surface area contributed by atoms with Crippen LogP contribution in [0.25, 0.3) is 11.1 Å². The van der Waals surface area contributed by atoms with Crippen LogP contribution in [-0.4, -0.2) is 26.5 Å². The lowest BCUT2D eigenvalue weighted by molar-refractivity contribution is -0.122. The summed E-state index contributed by atoms with van der Waals surface area (Å²) < 4.78 is 18.4. The molecule has 0 fully saturated rings. The zero-order valence-electron chi connectivity index (χ0n) is 14.8. The number of oxazole rings is 1. The Kier molecular flexibility index (Phi) is 6.50. The molecule has 0 spiro atoms. The van der Waals surface area contributed by atoms with E-state index in [0.29, 0.717) is 28.3 Å². The summed E-state index contributed by atoms with van der Waals surface area (Å²) in [6.07, 6.45) is 1.40. The van der Waals surface area contributed by atoms with Gasteiger partial charge in [-0.3, -0.25) is 9.78 Å². The minimum atomic E-state index is -0.539. The lowest BCUT2D eigenvalue weighted by Crippen LogP contribution is -2.01. The Morgan fingerprint density at radius 1 is 1.13 bits per heavy atom. The van der Waals surface area contributed by atoms with Crippen LogP contribution in [0.4, 0.5) is 27.5 Å². The van der Waals surface area contributed by atoms with Gasteiger partial charge in [0.25, 0.3) is 6.47 Å². The number of nitrogens with zero attached hydrogens (tertiary/aromatic N) is 2. The minimum absolute atomic E-state index is 0.196. The lowest BCUT2D eigenvalue weighted by Gasteiger charge is -2.10. The van der Waals surface area contributed by atoms with E-state index in [-0.39, 0.29) is 22.5 Å². The number of hydrogen-bond acceptors (Lipinski definition) is 7. The third kappa shape index (κ3) is 5.25. The van der Waals surface area contributed by atoms with Crippen molar-refractivity contribution in [1.29, 1.82) is 0 Å². The number of halogens is 3. The van der Waals surface area contributed by atoms with Crippen LogP contribution in [0.5, 0.6) is 0 Å². The van der Waals surface area contributed by atoms with Gasteiger partial charge in [-0.2, -0.15) is 4.98 Å². The van der Waals surface area contributed by atoms with Crippen LogP contribution in [0.1, 0.15) is 0 Å². The molecule has 4 aromatic rings. The van der Waals surface area contributed by atoms with E-state index in [2.05, 4.69) is 25.6 Å². The number of carbonyl (C=O) groups is 1. The monoisotopic (exact) mass is 451 g/mol. The molecule has 0 unspecified atom stereocenters. The average molecular weight is 452 g/mol. The summed E-state index contributed by atoms with van der Waals surface area (Å²) in [5.41, 5.74) is 1.98. The number of anilines is 4. The number of benzene rings is 2. The zero-order chi connectivity index (χ0) is 21.7. The van der Waals surface area contributed by atoms with Crippen molar-refractivity contribution in [2.24, 2.45) is 0 Å². The molecule has 2 aromatic carbocycles. The van der Waals surface area contributed by atoms with Crippen molar-refractivity contribution in [1.82, 2.24) is 15.0 Å². The number of rotatable bonds is 4. The molecular formula is C18H12Cl2FN5O4. The van der Waals surface area contributed by atoms with Crippen molar-refractivity contribution in [2.45, 2.75) is 0 Å². The van der Waals surface area contributed by atoms with E-state index in [1.165, 1.54) is 18.3 Å². The molecule has 0 atom stereocenters. The Hall–Kier alpha value is -3.63. The molecule has 154 valence electrons. The second-order valence-electron chi connectivity index (χ2n) is 5.63. The molecule has 0 amide bonds. The Labute approximate surface area is 177 Å². The van der Waals surface area contributed by atoms with Crippen molar-refractivity contribution < 1.29 is 18.7 Å². The summed E-state index contributed by atoms with van der Waals surface area (Å²) in [5.74, 6) is -0.509. The second-order valence-corrected chi connectivity index (χ2v) is 6.47. The minimum Gasteiger partial charge on any atom is -0.483 e. The van der Waals surface area contributed by atoms with Crippen molar-refractivity contribution in [2.75, 3.05) is 10.6 Å². The standard InChI is InChI=1S/C17H10Cl2FN5O2.CH2O2/c18-8-3-9(20)5-11(4-8)23-16-21-7-12(19)15(25-16)22-10-1-2-14-13(6-10)24-17(26)27-14;2-1-3/h1-7H,(H,24,26)(H2,21,22,23,25);1H,(H,2,3). The van der Waals surface area contributed by atoms with Crippen LogP contribution in [0.15, 0.2) is 51.8 Å². The Morgan fingerprint density at radius 3 is 2.63 bits per heavy atom. The predicted octanol–water partition coefficient (Wildman–Crippen LogP) is 4.55. The number of aromatic nitrogens is 3. The van der Waals surface area contributed by atoms with E-state index in [9.17, 15) is 9.18 Å². The maximum atomic E-state index is 13.5. The van der Waals surface area contributed by atoms with Gasteiger partial charge in [0, 0.05) is 16.4 Å². The van der Waals surface area contributed by atoms with E-state index < -0.39 is 11.6 Å². The molecule has 0 saturated heterocycles. The molecular weight excluding hydrogens is 440 g/mol. The maximum Gasteiger partial charge on any atom is 0.417 e. The largest absolute Gasteiger partial charge is 0.483 e. The van der Waals surface area contributed by atoms with Crippen LogP contribution in [0.2, 0.25) is 10.0 Å². The average Bonchev–Trinajstić information content (AvgIpc) is 3.03. The molecule has 0 aliphatic carbocycles. The first-order valence-electron chi connectivity index (χ1n) is 8.11. The number of fused-ring (bicyclic) bond motifs is 1. The van der Waals surface area contributed by atoms with Gasteiger partial charge in [0.15, 0.2) is 11.4 Å². The first-order valence-corrected chi connectivity index (χ1v) is 8.87. The van der Waals surface area contributed by atoms with Crippen molar-refractivity contribution in [3.63, 3.8) is 0 Å². The van der Waals surface area contributed by atoms with Gasteiger partial charge in [0.2, 0.25) is 5.95 Å². The highest BCUT2D eigenvalue weighted by molar-refractivity contribution is 6.33. The summed E-state index contributed by atoms with van der Waals surface area (Å²) in [6, 6.07) is 9.02. The van der Waals surface area contributed by atoms with Crippen LogP contribution in [-0.2, 0) is 4.79 Å². The van der Waals surface area contributed by atoms with Gasteiger partial charge >= 0.3 is 5.76 Å². The highest BCUT2D eigenvalue weighted by Gasteiger charge is 2.09. The topological polar surface area (TPSA) is 133 Å². The molecule has 0 saturated carbocycles. The fraction of sp³-hybridized carbons (Fsp3) is 0. The summed E-state index contributed by atoms with van der Waals surface area (Å²) in [7, 11) is 0. The molecule has 12 heteroatoms. The van der Waals surface area contributed by atoms with E-state index in [1.807, 2.05) is 0 Å². The smallest absolute Gasteiger partial charge is 0.417 e. The lowest BCUT2D eigenvalue weighted by atomic mass is 10.3. The molecule has 0 radical (unpaired) electrons. The SMILES string of the molecule is O=CO.O=c1[nH]c2cc(Nc3nc(Nc4cc(F)cc(Cl)c4)ncc3Cl)ccc2o1. The Morgan fingerprint density at radius 2 is 1.90 bits per heavy atom. The molecule has 4 N–H and O–H groups in total. The summed E-state index contributed by atoms with van der Waals surface area (Å²) in [6.45, 7) is -0.250. The van der Waals surface area contributed by atoms with Gasteiger partial charge in [0.05, 0.1) is 11.7 Å². The molecule has 2 aromatic heterocycles. The van der Waals surface area contributed by atoms with E-state index in [1.54, 1.807) is 24.3 Å². The summed E-state index contributed by atoms with van der Waals surface area (Å²) in [4.78, 5) is 30.5. The highest BCUT2D eigenvalue weighted by atomic mass is 35.5. The van der Waals surface area contributed by atoms with E-state index >= 15 is 0 Å². The fourth-order valence-electron chi connectivity index (χ4n) is 2.44. The molecule has 0 bridgehead atoms. The van der Waals surface area contributed by atoms with E-state index in [0.717, 1.165) is 0 Å². The first-order chi connectivity index (χ1) is 14.4. The molecule has 0 aliphatic heterocycles. The molecule has 2 heterocycles. The van der Waals surface area contributed by atoms with Gasteiger partial charge in [-0.15, -0.1) is 0 Å². The van der Waals surface area contributed by atoms with Crippen molar-refractivity contribution >= 4 is 63.9 Å². The van der Waals surface area contributed by atoms with Crippen LogP contribution >= 0.6 is 23.2 Å². The fourth-order valence-corrected chi connectivity index (χ4v) is 2.80. The van der Waals surface area contributed by atoms with Crippen molar-refractivity contribution in [3.05, 3.63) is 69.0 Å². The summed E-state index contributed by atoms with van der Waals surface area (Å²) >= 11 is 12.0. The van der Waals surface area contributed by atoms with Gasteiger partial charge in [-0.05, 0) is 36.4 Å². The molecule has 30 heavy (non-hydrogen) atoms. The zero-order valence-corrected chi connectivity index (χ0v) is 16.3. The Balaban J connectivity index is 0.000000806. The summed E-state index contributed by atoms with van der Waals surface area (Å²) in [5, 5.41) is 13.3. The van der Waals surface area contributed by atoms with Crippen LogP contribution in [0.3, 0.4) is 0 Å². The maximum absolute atomic E-state index is 13.5. The van der Waals surface area contributed by atoms with Gasteiger partial charge in [-0.1, -0.05) is 23.2 Å². The molecule has 9 nitrogen and oxygen atoms in total. The number of nitrogens with one attached hydrogen (secondary N) is 3. The third-order valence-corrected chi connectivity index (χ3v) is 4.04. The predicted molar refractivity (Wildman–Crippen MR) is 111 cm³/mol. The van der Waals surface area contributed by atoms with Crippen LogP contribution < -0.4 is 16.4 Å². The third-order valence-electron chi connectivity index (χ3n) is 3.54. The number of aromatic amines is 1. The van der Waals surface area contributed by atoms with Crippen LogP contribution in [0, 0.1) is 5.82 Å². The first kappa shape index (κ1) is 21.1. The van der Waals surface area contributed by atoms with E-state index in [4.69, 9.17) is 37.5 Å². The van der Waals surface area contributed by atoms with Crippen molar-refractivity contribution in [3.8, 4) is 0 Å². The number of hydrogen-bond donors (Lipinski definition) is 4. The van der Waals surface area contributed by atoms with Gasteiger partial charge < -0.3 is 20.2 Å². The quantitative estimate of drug-likeness (QED) is 0.332. The molecule has 0 aliphatic rings. The number of H-pyrrole nitrogens is 1. The molecule has 4 rings (SSSR count). The number of carboxylic acid groups (broad SMARTS) is 1. The Bertz CT molecular complexity index is 1240. The van der Waals surface area contributed by atoms with Gasteiger partial charge in [-0.25, -0.2) is 14.2 Å². The normalized spacial score (nSPS) is 10.2. The second kappa shape index (κ2) is 9.25. The highest BCUT2D eigenvalue weighted by Crippen LogP contribution is 2.27. The van der Waals surface area contributed by atoms with Gasteiger partial charge in [0.1, 0.15) is 10.8 Å².